The molecule has 0 rings (SSSR count). The maximum absolute atomic E-state index is 12.7. The number of carbonyl (C=O) groups excluding carboxylic acids is 1. The summed E-state index contributed by atoms with van der Waals surface area (Å²) >= 11 is 0. The van der Waals surface area contributed by atoms with E-state index in [9.17, 15) is 14.3 Å². The summed E-state index contributed by atoms with van der Waals surface area (Å²) < 4.78 is 35.0. The molecule has 0 bridgehead atoms. The largest absolute Gasteiger partial charge is 0.472 e. The molecular weight excluding hydrogens is 709 g/mol. The molecule has 0 spiro atoms. The van der Waals surface area contributed by atoms with Gasteiger partial charge in [-0.2, -0.15) is 0 Å². The van der Waals surface area contributed by atoms with Crippen LogP contribution in [0, 0.1) is 0 Å². The molecule has 0 aliphatic carbocycles. The van der Waals surface area contributed by atoms with Gasteiger partial charge in [0.2, 0.25) is 0 Å². The Kier molecular flexibility index (Phi) is 39.1. The van der Waals surface area contributed by atoms with Crippen LogP contribution in [-0.2, 0) is 27.9 Å². The van der Waals surface area contributed by atoms with Crippen LogP contribution < -0.4 is 0 Å². The number of ether oxygens (including phenoxy) is 2. The highest BCUT2D eigenvalue weighted by Crippen LogP contribution is 2.43. The summed E-state index contributed by atoms with van der Waals surface area (Å²) in [4.78, 5) is 22.9. The predicted molar refractivity (Wildman–Crippen MR) is 233 cm³/mol. The maximum atomic E-state index is 12.7. The summed E-state index contributed by atoms with van der Waals surface area (Å²) in [5.41, 5.74) is 0. The number of likely N-dealkylation sites (N-methyl/N-ethyl adjacent to an activating group) is 1. The smallest absolute Gasteiger partial charge is 0.457 e. The minimum Gasteiger partial charge on any atom is -0.457 e. The molecule has 8 nitrogen and oxygen atoms in total. The fourth-order valence-corrected chi connectivity index (χ4v) is 7.11. The number of rotatable bonds is 43. The third-order valence-corrected chi connectivity index (χ3v) is 11.0. The van der Waals surface area contributed by atoms with Gasteiger partial charge in [-0.3, -0.25) is 13.8 Å². The number of phosphoric ester groups is 1. The Hall–Kier alpha value is -1.02. The molecule has 0 radical (unpaired) electrons. The van der Waals surface area contributed by atoms with Gasteiger partial charge in [-0.15, -0.1) is 0 Å². The SMILES string of the molecule is CCCCCCCC/C=C\CCCCCCCCCC(=O)OC(COCCCCCCCC/C=C\CCCCCCCC)COP(=O)(O)OCC[N+](C)(C)C. The van der Waals surface area contributed by atoms with E-state index < -0.39 is 13.9 Å². The zero-order valence-electron chi connectivity index (χ0n) is 36.9. The van der Waals surface area contributed by atoms with Gasteiger partial charge in [-0.05, 0) is 64.2 Å². The van der Waals surface area contributed by atoms with Gasteiger partial charge in [-0.1, -0.05) is 160 Å². The maximum Gasteiger partial charge on any atom is 0.472 e. The molecule has 55 heavy (non-hydrogen) atoms. The zero-order chi connectivity index (χ0) is 40.6. The lowest BCUT2D eigenvalue weighted by Gasteiger charge is -2.24. The predicted octanol–water partition coefficient (Wildman–Crippen LogP) is 13.6. The highest BCUT2D eigenvalue weighted by atomic mass is 31.2. The van der Waals surface area contributed by atoms with Crippen molar-refractivity contribution in [1.82, 2.24) is 0 Å². The first-order chi connectivity index (χ1) is 26.6. The number of carbonyl (C=O) groups is 1. The van der Waals surface area contributed by atoms with E-state index >= 15 is 0 Å². The second-order valence-electron chi connectivity index (χ2n) is 16.8. The minimum absolute atomic E-state index is 0.0878. The van der Waals surface area contributed by atoms with Gasteiger partial charge >= 0.3 is 13.8 Å². The van der Waals surface area contributed by atoms with E-state index in [0.29, 0.717) is 24.1 Å². The van der Waals surface area contributed by atoms with Gasteiger partial charge in [0.1, 0.15) is 19.3 Å². The van der Waals surface area contributed by atoms with E-state index in [-0.39, 0.29) is 25.8 Å². The number of allylic oxidation sites excluding steroid dienone is 4. The van der Waals surface area contributed by atoms with Crippen molar-refractivity contribution in [3.05, 3.63) is 24.3 Å². The highest BCUT2D eigenvalue weighted by Gasteiger charge is 2.26. The second kappa shape index (κ2) is 39.8. The van der Waals surface area contributed by atoms with Crippen molar-refractivity contribution in [3.63, 3.8) is 0 Å². The van der Waals surface area contributed by atoms with E-state index in [2.05, 4.69) is 38.2 Å². The van der Waals surface area contributed by atoms with Crippen LogP contribution in [0.2, 0.25) is 0 Å². The summed E-state index contributed by atoms with van der Waals surface area (Å²) in [5, 5.41) is 0. The van der Waals surface area contributed by atoms with Crippen LogP contribution in [0.5, 0.6) is 0 Å². The fourth-order valence-electron chi connectivity index (χ4n) is 6.37. The minimum atomic E-state index is -4.27. The van der Waals surface area contributed by atoms with Crippen molar-refractivity contribution >= 4 is 13.8 Å². The molecule has 0 saturated carbocycles. The van der Waals surface area contributed by atoms with Gasteiger partial charge in [0.15, 0.2) is 0 Å². The molecule has 0 aromatic rings. The Balaban J connectivity index is 4.21. The Bertz CT molecular complexity index is 936. The van der Waals surface area contributed by atoms with E-state index in [4.69, 9.17) is 18.5 Å². The first-order valence-corrected chi connectivity index (χ1v) is 24.6. The van der Waals surface area contributed by atoms with Crippen LogP contribution in [0.15, 0.2) is 24.3 Å². The number of nitrogens with zero attached hydrogens (tertiary/aromatic N) is 1. The zero-order valence-corrected chi connectivity index (χ0v) is 37.8. The molecule has 0 aliphatic rings. The van der Waals surface area contributed by atoms with Crippen molar-refractivity contribution in [2.24, 2.45) is 0 Å². The molecule has 0 heterocycles. The number of quaternary nitrogens is 1. The van der Waals surface area contributed by atoms with Gasteiger partial charge in [-0.25, -0.2) is 4.57 Å². The summed E-state index contributed by atoms with van der Waals surface area (Å²) in [6.45, 7) is 5.62. The first-order valence-electron chi connectivity index (χ1n) is 23.1. The topological polar surface area (TPSA) is 91.3 Å². The monoisotopic (exact) mass is 801 g/mol. The summed E-state index contributed by atoms with van der Waals surface area (Å²) in [5.74, 6) is -0.319. The number of unbranched alkanes of at least 4 members (excludes halogenated alkanes) is 25. The molecule has 326 valence electrons. The quantitative estimate of drug-likeness (QED) is 0.0216. The number of hydrogen-bond acceptors (Lipinski definition) is 6. The van der Waals surface area contributed by atoms with Crippen molar-refractivity contribution in [2.45, 2.75) is 213 Å². The Morgan fingerprint density at radius 1 is 0.545 bits per heavy atom. The van der Waals surface area contributed by atoms with Crippen molar-refractivity contribution in [3.8, 4) is 0 Å². The third kappa shape index (κ3) is 43.9. The number of esters is 1. The first kappa shape index (κ1) is 54.0. The van der Waals surface area contributed by atoms with Crippen LogP contribution in [-0.4, -0.2) is 75.6 Å². The van der Waals surface area contributed by atoms with Crippen molar-refractivity contribution in [1.29, 1.82) is 0 Å². The lowest BCUT2D eigenvalue weighted by Crippen LogP contribution is -2.37. The molecule has 1 N–H and O–H groups in total. The van der Waals surface area contributed by atoms with Crippen LogP contribution in [0.1, 0.15) is 206 Å². The van der Waals surface area contributed by atoms with Gasteiger partial charge in [0.25, 0.3) is 0 Å². The molecule has 0 aromatic heterocycles. The van der Waals surface area contributed by atoms with E-state index in [0.717, 1.165) is 32.1 Å². The molecule has 2 unspecified atom stereocenters. The van der Waals surface area contributed by atoms with Crippen LogP contribution in [0.3, 0.4) is 0 Å². The molecule has 0 aromatic carbocycles. The molecule has 0 aliphatic heterocycles. The van der Waals surface area contributed by atoms with Crippen molar-refractivity contribution in [2.75, 3.05) is 54.1 Å². The molecular formula is C46H91NO7P+. The Labute approximate surface area is 341 Å². The van der Waals surface area contributed by atoms with Crippen LogP contribution in [0.25, 0.3) is 0 Å². The summed E-state index contributed by atoms with van der Waals surface area (Å²) in [6, 6.07) is 0. The fraction of sp³-hybridized carbons (Fsp3) is 0.891. The van der Waals surface area contributed by atoms with E-state index in [1.807, 2.05) is 21.1 Å². The van der Waals surface area contributed by atoms with Gasteiger partial charge < -0.3 is 18.9 Å². The van der Waals surface area contributed by atoms with Crippen molar-refractivity contribution < 1.29 is 37.3 Å². The molecule has 0 amide bonds. The second-order valence-corrected chi connectivity index (χ2v) is 18.2. The summed E-state index contributed by atoms with van der Waals surface area (Å²) in [7, 11) is 1.67. The lowest BCUT2D eigenvalue weighted by atomic mass is 10.1. The summed E-state index contributed by atoms with van der Waals surface area (Å²) in [6.07, 6.45) is 44.9. The lowest BCUT2D eigenvalue weighted by molar-refractivity contribution is -0.870. The average Bonchev–Trinajstić information content (AvgIpc) is 3.13. The standard InChI is InChI=1S/C46H90NO7P/c1-6-8-10-12-14-16-18-20-22-24-25-27-29-31-33-35-37-39-46(48)54-45(44-53-55(49,50)52-42-40-47(3,4)5)43-51-41-38-36-34-32-30-28-26-23-21-19-17-15-13-11-9-7-2/h20-23,45H,6-19,24-44H2,1-5H3/p+1/b22-20-,23-21-. The van der Waals surface area contributed by atoms with E-state index in [1.54, 1.807) is 0 Å². The van der Waals surface area contributed by atoms with Gasteiger partial charge in [0.05, 0.1) is 34.4 Å². The number of hydrogen-bond donors (Lipinski definition) is 1. The Morgan fingerprint density at radius 3 is 1.38 bits per heavy atom. The molecule has 0 fully saturated rings. The number of phosphoric acid groups is 1. The molecule has 0 saturated heterocycles. The van der Waals surface area contributed by atoms with E-state index in [1.165, 1.54) is 154 Å². The van der Waals surface area contributed by atoms with Crippen LogP contribution in [0.4, 0.5) is 0 Å². The molecule has 9 heteroatoms. The Morgan fingerprint density at radius 2 is 0.945 bits per heavy atom. The highest BCUT2D eigenvalue weighted by molar-refractivity contribution is 7.47. The normalized spacial score (nSPS) is 13.9. The van der Waals surface area contributed by atoms with Gasteiger partial charge in [0, 0.05) is 13.0 Å². The third-order valence-electron chi connectivity index (χ3n) is 9.99. The van der Waals surface area contributed by atoms with Crippen LogP contribution >= 0.6 is 7.82 Å². The molecule has 2 atom stereocenters. The average molecular weight is 801 g/mol.